The van der Waals surface area contributed by atoms with E-state index in [0.29, 0.717) is 46.7 Å². The normalized spacial score (nSPS) is 16.3. The molecule has 1 heterocycles. The molecule has 1 aliphatic heterocycles. The van der Waals surface area contributed by atoms with Gasteiger partial charge in [0.15, 0.2) is 11.6 Å². The van der Waals surface area contributed by atoms with Crippen LogP contribution in [0.1, 0.15) is 42.4 Å². The number of fused-ring (bicyclic) bond motifs is 1. The van der Waals surface area contributed by atoms with E-state index in [9.17, 15) is 13.6 Å². The molecule has 0 aromatic heterocycles. The van der Waals surface area contributed by atoms with Gasteiger partial charge in [-0.25, -0.2) is 8.78 Å². The molecule has 0 saturated heterocycles. The second-order valence-electron chi connectivity index (χ2n) is 9.63. The fraction of sp³-hybridized carbons (Fsp3) is 0.321. The fourth-order valence-corrected chi connectivity index (χ4v) is 5.33. The number of halogens is 3. The molecule has 0 radical (unpaired) electrons. The standard InChI is InChI=1S/C28H27ClF2N2O3/c29-20-9-10-21(26(12-20)36-16-19-3-1-2-4-19)28(15-18-7-5-17(6-8-18)11-27(34)35)32-24-13-22(30)23(31)14-25(24)33-28/h5-10,12-14,19,32-33H,1-4,11,15-16H2,(H,34,35). The van der Waals surface area contributed by atoms with Crippen molar-refractivity contribution in [2.45, 2.75) is 44.2 Å². The van der Waals surface area contributed by atoms with Gasteiger partial charge in [-0.05, 0) is 48.1 Å². The van der Waals surface area contributed by atoms with Gasteiger partial charge < -0.3 is 20.5 Å². The summed E-state index contributed by atoms with van der Waals surface area (Å²) >= 11 is 6.35. The van der Waals surface area contributed by atoms with Crippen molar-refractivity contribution in [1.29, 1.82) is 0 Å². The lowest BCUT2D eigenvalue weighted by Crippen LogP contribution is -2.41. The number of nitrogens with one attached hydrogen (secondary N) is 2. The van der Waals surface area contributed by atoms with Gasteiger partial charge in [-0.2, -0.15) is 0 Å². The van der Waals surface area contributed by atoms with Crippen molar-refractivity contribution in [1.82, 2.24) is 0 Å². The van der Waals surface area contributed by atoms with Crippen LogP contribution in [0.4, 0.5) is 20.2 Å². The van der Waals surface area contributed by atoms with Gasteiger partial charge in [0, 0.05) is 29.1 Å². The highest BCUT2D eigenvalue weighted by Crippen LogP contribution is 2.46. The molecule has 0 unspecified atom stereocenters. The highest BCUT2D eigenvalue weighted by atomic mass is 35.5. The molecule has 5 nitrogen and oxygen atoms in total. The molecule has 3 aromatic rings. The van der Waals surface area contributed by atoms with Gasteiger partial charge in [0.1, 0.15) is 11.4 Å². The molecule has 3 aromatic carbocycles. The highest BCUT2D eigenvalue weighted by molar-refractivity contribution is 6.30. The van der Waals surface area contributed by atoms with E-state index in [0.717, 1.165) is 36.1 Å². The van der Waals surface area contributed by atoms with Crippen molar-refractivity contribution in [2.75, 3.05) is 17.2 Å². The fourth-order valence-electron chi connectivity index (χ4n) is 5.17. The Morgan fingerprint density at radius 1 is 0.972 bits per heavy atom. The van der Waals surface area contributed by atoms with Crippen molar-refractivity contribution < 1.29 is 23.4 Å². The topological polar surface area (TPSA) is 70.6 Å². The van der Waals surface area contributed by atoms with Crippen LogP contribution in [0.3, 0.4) is 0 Å². The first-order valence-electron chi connectivity index (χ1n) is 12.1. The van der Waals surface area contributed by atoms with Gasteiger partial charge in [-0.1, -0.05) is 48.7 Å². The Morgan fingerprint density at radius 2 is 1.58 bits per heavy atom. The van der Waals surface area contributed by atoms with Crippen LogP contribution in [0.5, 0.6) is 5.75 Å². The van der Waals surface area contributed by atoms with Crippen LogP contribution in [0, 0.1) is 17.6 Å². The third-order valence-corrected chi connectivity index (χ3v) is 7.19. The summed E-state index contributed by atoms with van der Waals surface area (Å²) in [6.07, 6.45) is 4.98. The van der Waals surface area contributed by atoms with E-state index in [1.54, 1.807) is 24.3 Å². The Morgan fingerprint density at radius 3 is 2.19 bits per heavy atom. The SMILES string of the molecule is O=C(O)Cc1ccc(CC2(c3ccc(Cl)cc3OCC3CCCC3)Nc3cc(F)c(F)cc3N2)cc1. The maximum atomic E-state index is 14.1. The molecule has 0 spiro atoms. The van der Waals surface area contributed by atoms with Gasteiger partial charge >= 0.3 is 5.97 Å². The lowest BCUT2D eigenvalue weighted by atomic mass is 9.91. The number of carboxylic acid groups (broad SMARTS) is 1. The third kappa shape index (κ3) is 5.12. The van der Waals surface area contributed by atoms with Crippen LogP contribution in [0.25, 0.3) is 0 Å². The quantitative estimate of drug-likeness (QED) is 0.311. The van der Waals surface area contributed by atoms with Crippen LogP contribution >= 0.6 is 11.6 Å². The second kappa shape index (κ2) is 9.97. The van der Waals surface area contributed by atoms with Crippen molar-refractivity contribution in [2.24, 2.45) is 5.92 Å². The predicted octanol–water partition coefficient (Wildman–Crippen LogP) is 6.75. The summed E-state index contributed by atoms with van der Waals surface area (Å²) in [6, 6.07) is 15.0. The minimum Gasteiger partial charge on any atom is -0.493 e. The summed E-state index contributed by atoms with van der Waals surface area (Å²) in [5.74, 6) is -1.69. The third-order valence-electron chi connectivity index (χ3n) is 6.96. The summed E-state index contributed by atoms with van der Waals surface area (Å²) in [5.41, 5.74) is 2.24. The zero-order chi connectivity index (χ0) is 25.3. The van der Waals surface area contributed by atoms with E-state index >= 15 is 0 Å². The predicted molar refractivity (Wildman–Crippen MR) is 136 cm³/mol. The lowest BCUT2D eigenvalue weighted by Gasteiger charge is -2.33. The summed E-state index contributed by atoms with van der Waals surface area (Å²) in [7, 11) is 0. The number of hydrogen-bond acceptors (Lipinski definition) is 4. The average Bonchev–Trinajstić information content (AvgIpc) is 3.47. The van der Waals surface area contributed by atoms with Crippen LogP contribution in [0.2, 0.25) is 5.02 Å². The Bertz CT molecular complexity index is 1250. The number of rotatable bonds is 8. The maximum absolute atomic E-state index is 14.1. The minimum atomic E-state index is -0.980. The van der Waals surface area contributed by atoms with Gasteiger partial charge in [-0.15, -0.1) is 0 Å². The van der Waals surface area contributed by atoms with E-state index in [2.05, 4.69) is 10.6 Å². The van der Waals surface area contributed by atoms with Crippen molar-refractivity contribution >= 4 is 28.9 Å². The molecule has 0 atom stereocenters. The van der Waals surface area contributed by atoms with Gasteiger partial charge in [0.2, 0.25) is 0 Å². The first-order valence-corrected chi connectivity index (χ1v) is 12.5. The second-order valence-corrected chi connectivity index (χ2v) is 10.1. The Hall–Kier alpha value is -3.32. The number of aliphatic carboxylic acids is 1. The molecule has 36 heavy (non-hydrogen) atoms. The minimum absolute atomic E-state index is 0.0672. The molecule has 5 rings (SSSR count). The Kier molecular flexibility index (Phi) is 6.75. The number of anilines is 2. The number of hydrogen-bond donors (Lipinski definition) is 3. The molecule has 0 bridgehead atoms. The van der Waals surface area contributed by atoms with E-state index in [1.807, 2.05) is 18.2 Å². The molecular formula is C28H27ClF2N2O3. The van der Waals surface area contributed by atoms with Crippen LogP contribution in [-0.2, 0) is 23.3 Å². The summed E-state index contributed by atoms with van der Waals surface area (Å²) in [4.78, 5) is 11.1. The first kappa shape index (κ1) is 24.4. The van der Waals surface area contributed by atoms with E-state index in [4.69, 9.17) is 21.4 Å². The highest BCUT2D eigenvalue weighted by Gasteiger charge is 2.41. The molecule has 188 valence electrons. The number of ether oxygens (including phenoxy) is 1. The molecule has 1 aliphatic carbocycles. The van der Waals surface area contributed by atoms with E-state index in [-0.39, 0.29) is 6.42 Å². The number of carboxylic acids is 1. The molecule has 8 heteroatoms. The lowest BCUT2D eigenvalue weighted by molar-refractivity contribution is -0.136. The maximum Gasteiger partial charge on any atom is 0.307 e. The Balaban J connectivity index is 1.52. The Labute approximate surface area is 213 Å². The molecule has 3 N–H and O–H groups in total. The van der Waals surface area contributed by atoms with Gasteiger partial charge in [0.25, 0.3) is 0 Å². The zero-order valence-electron chi connectivity index (χ0n) is 19.6. The van der Waals surface area contributed by atoms with Crippen molar-refractivity contribution in [3.8, 4) is 5.75 Å². The largest absolute Gasteiger partial charge is 0.493 e. The van der Waals surface area contributed by atoms with E-state index < -0.39 is 23.3 Å². The first-order chi connectivity index (χ1) is 17.3. The zero-order valence-corrected chi connectivity index (χ0v) is 20.4. The molecule has 0 amide bonds. The van der Waals surface area contributed by atoms with Crippen molar-refractivity contribution in [3.63, 3.8) is 0 Å². The average molecular weight is 513 g/mol. The summed E-state index contributed by atoms with van der Waals surface area (Å²) in [6.45, 7) is 0.573. The van der Waals surface area contributed by atoms with Crippen LogP contribution in [-0.4, -0.2) is 17.7 Å². The van der Waals surface area contributed by atoms with Gasteiger partial charge in [0.05, 0.1) is 24.4 Å². The van der Waals surface area contributed by atoms with Crippen LogP contribution < -0.4 is 15.4 Å². The molecule has 2 aliphatic rings. The number of carbonyl (C=O) groups is 1. The molecule has 1 fully saturated rings. The summed E-state index contributed by atoms with van der Waals surface area (Å²) < 4.78 is 34.5. The van der Waals surface area contributed by atoms with Crippen molar-refractivity contribution in [3.05, 3.63) is 87.9 Å². The smallest absolute Gasteiger partial charge is 0.307 e. The molecule has 1 saturated carbocycles. The molecular weight excluding hydrogens is 486 g/mol. The van der Waals surface area contributed by atoms with E-state index in [1.165, 1.54) is 12.8 Å². The van der Waals surface area contributed by atoms with Crippen LogP contribution in [0.15, 0.2) is 54.6 Å². The van der Waals surface area contributed by atoms with Gasteiger partial charge in [-0.3, -0.25) is 4.79 Å². The number of benzene rings is 3. The summed E-state index contributed by atoms with van der Waals surface area (Å²) in [5, 5.41) is 16.4. The monoisotopic (exact) mass is 512 g/mol.